The summed E-state index contributed by atoms with van der Waals surface area (Å²) in [5, 5.41) is 12.2. The summed E-state index contributed by atoms with van der Waals surface area (Å²) in [4.78, 5) is 15.7. The fourth-order valence-corrected chi connectivity index (χ4v) is 4.63. The number of hydrogen-bond donors (Lipinski definition) is 2. The molecule has 1 saturated heterocycles. The third kappa shape index (κ3) is 4.52. The molecule has 3 aromatic rings. The predicted octanol–water partition coefficient (Wildman–Crippen LogP) is 4.37. The van der Waals surface area contributed by atoms with Crippen molar-refractivity contribution in [2.75, 3.05) is 12.4 Å². The van der Waals surface area contributed by atoms with E-state index in [1.165, 1.54) is 0 Å². The molecule has 6 nitrogen and oxygen atoms in total. The van der Waals surface area contributed by atoms with Crippen LogP contribution in [0.15, 0.2) is 52.9 Å². The molecular weight excluding hydrogens is 400 g/mol. The molecule has 0 amide bonds. The Hall–Kier alpha value is -2.77. The number of carboxylic acid groups (broad SMARTS) is 1. The number of benzene rings is 2. The largest absolute Gasteiger partial charge is 0.493 e. The SMILES string of the molecule is Cc1ccccc1-c1nc(CCOc2ccc([C@@H]3NC(C(=O)O)CS3)cc2)c(C)o1. The summed E-state index contributed by atoms with van der Waals surface area (Å²) in [6, 6.07) is 15.3. The van der Waals surface area contributed by atoms with Gasteiger partial charge in [-0.1, -0.05) is 30.3 Å². The number of ether oxygens (including phenoxy) is 1. The van der Waals surface area contributed by atoms with E-state index in [-0.39, 0.29) is 5.37 Å². The van der Waals surface area contributed by atoms with Gasteiger partial charge in [0.25, 0.3) is 0 Å². The molecule has 1 fully saturated rings. The Labute approximate surface area is 179 Å². The Morgan fingerprint density at radius 1 is 1.23 bits per heavy atom. The maximum atomic E-state index is 11.1. The predicted molar refractivity (Wildman–Crippen MR) is 117 cm³/mol. The zero-order valence-corrected chi connectivity index (χ0v) is 17.7. The lowest BCUT2D eigenvalue weighted by Gasteiger charge is -2.12. The van der Waals surface area contributed by atoms with Crippen molar-refractivity contribution in [3.63, 3.8) is 0 Å². The van der Waals surface area contributed by atoms with Crippen molar-refractivity contribution < 1.29 is 19.1 Å². The molecule has 0 saturated carbocycles. The molecule has 0 spiro atoms. The number of carbonyl (C=O) groups is 1. The van der Waals surface area contributed by atoms with Crippen molar-refractivity contribution in [2.24, 2.45) is 0 Å². The molecule has 30 heavy (non-hydrogen) atoms. The molecule has 1 aliphatic rings. The topological polar surface area (TPSA) is 84.6 Å². The van der Waals surface area contributed by atoms with Gasteiger partial charge in [-0.2, -0.15) is 0 Å². The van der Waals surface area contributed by atoms with E-state index < -0.39 is 12.0 Å². The fraction of sp³-hybridized carbons (Fsp3) is 0.304. The molecular formula is C23H24N2O4S. The first-order chi connectivity index (χ1) is 14.5. The van der Waals surface area contributed by atoms with E-state index in [2.05, 4.69) is 10.3 Å². The van der Waals surface area contributed by atoms with E-state index >= 15 is 0 Å². The van der Waals surface area contributed by atoms with Crippen molar-refractivity contribution in [1.82, 2.24) is 10.3 Å². The average molecular weight is 425 g/mol. The summed E-state index contributed by atoms with van der Waals surface area (Å²) in [6.07, 6.45) is 0.656. The van der Waals surface area contributed by atoms with Gasteiger partial charge in [-0.25, -0.2) is 4.98 Å². The van der Waals surface area contributed by atoms with E-state index in [0.717, 1.165) is 33.9 Å². The Morgan fingerprint density at radius 2 is 2.00 bits per heavy atom. The number of hydrogen-bond acceptors (Lipinski definition) is 6. The third-order valence-electron chi connectivity index (χ3n) is 5.14. The second-order valence-electron chi connectivity index (χ2n) is 7.28. The molecule has 1 aromatic heterocycles. The van der Waals surface area contributed by atoms with Crippen LogP contribution in [0.4, 0.5) is 0 Å². The minimum atomic E-state index is -0.807. The van der Waals surface area contributed by atoms with Gasteiger partial charge >= 0.3 is 5.97 Å². The number of aromatic nitrogens is 1. The molecule has 2 aromatic carbocycles. The first kappa shape index (κ1) is 20.5. The van der Waals surface area contributed by atoms with Gasteiger partial charge in [0, 0.05) is 17.7 Å². The Morgan fingerprint density at radius 3 is 2.70 bits per heavy atom. The van der Waals surface area contributed by atoms with Crippen molar-refractivity contribution in [3.8, 4) is 17.2 Å². The van der Waals surface area contributed by atoms with Gasteiger partial charge in [0.15, 0.2) is 0 Å². The van der Waals surface area contributed by atoms with Crippen LogP contribution in [0.25, 0.3) is 11.5 Å². The van der Waals surface area contributed by atoms with Crippen molar-refractivity contribution in [2.45, 2.75) is 31.7 Å². The summed E-state index contributed by atoms with van der Waals surface area (Å²) >= 11 is 1.60. The minimum absolute atomic E-state index is 0.00204. The normalized spacial score (nSPS) is 18.5. The van der Waals surface area contributed by atoms with Gasteiger partial charge in [0.1, 0.15) is 17.6 Å². The quantitative estimate of drug-likeness (QED) is 0.583. The first-order valence-electron chi connectivity index (χ1n) is 9.87. The van der Waals surface area contributed by atoms with E-state index in [1.807, 2.05) is 62.4 Å². The molecule has 1 aliphatic heterocycles. The number of aliphatic carboxylic acids is 1. The molecule has 2 heterocycles. The van der Waals surface area contributed by atoms with Crippen LogP contribution in [0, 0.1) is 13.8 Å². The van der Waals surface area contributed by atoms with Crippen LogP contribution < -0.4 is 10.1 Å². The van der Waals surface area contributed by atoms with Gasteiger partial charge in [-0.05, 0) is 43.2 Å². The maximum Gasteiger partial charge on any atom is 0.321 e. The average Bonchev–Trinajstić information content (AvgIpc) is 3.37. The zero-order valence-electron chi connectivity index (χ0n) is 16.9. The number of thioether (sulfide) groups is 1. The highest BCUT2D eigenvalue weighted by atomic mass is 32.2. The highest BCUT2D eigenvalue weighted by Gasteiger charge is 2.30. The number of aryl methyl sites for hydroxylation is 2. The van der Waals surface area contributed by atoms with Crippen LogP contribution in [-0.2, 0) is 11.2 Å². The second kappa shape index (κ2) is 8.93. The number of rotatable bonds is 7. The summed E-state index contributed by atoms with van der Waals surface area (Å²) in [6.45, 7) is 4.47. The third-order valence-corrected chi connectivity index (χ3v) is 6.41. The summed E-state index contributed by atoms with van der Waals surface area (Å²) < 4.78 is 11.7. The molecule has 156 valence electrons. The van der Waals surface area contributed by atoms with Crippen LogP contribution in [0.1, 0.15) is 28.0 Å². The van der Waals surface area contributed by atoms with Crippen LogP contribution in [-0.4, -0.2) is 34.5 Å². The highest BCUT2D eigenvalue weighted by molar-refractivity contribution is 7.99. The van der Waals surface area contributed by atoms with Gasteiger partial charge in [-0.3, -0.25) is 10.1 Å². The minimum Gasteiger partial charge on any atom is -0.493 e. The van der Waals surface area contributed by atoms with E-state index in [0.29, 0.717) is 24.7 Å². The van der Waals surface area contributed by atoms with E-state index in [1.54, 1.807) is 11.8 Å². The lowest BCUT2D eigenvalue weighted by atomic mass is 10.1. The standard InChI is InChI=1S/C23H24N2O4S/c1-14-5-3-4-6-18(14)21-24-19(15(2)29-21)11-12-28-17-9-7-16(8-10-17)22-25-20(13-30-22)23(26)27/h3-10,20,22,25H,11-13H2,1-2H3,(H,26,27)/t20?,22-/m1/s1. The first-order valence-corrected chi connectivity index (χ1v) is 10.9. The van der Waals surface area contributed by atoms with Crippen LogP contribution in [0.2, 0.25) is 0 Å². The van der Waals surface area contributed by atoms with Gasteiger partial charge in [0.2, 0.25) is 5.89 Å². The second-order valence-corrected chi connectivity index (χ2v) is 8.41. The Kier molecular flexibility index (Phi) is 6.11. The molecule has 2 atom stereocenters. The molecule has 1 unspecified atom stereocenters. The molecule has 0 bridgehead atoms. The highest BCUT2D eigenvalue weighted by Crippen LogP contribution is 2.33. The summed E-state index contributed by atoms with van der Waals surface area (Å²) in [7, 11) is 0. The van der Waals surface area contributed by atoms with Crippen LogP contribution >= 0.6 is 11.8 Å². The fourth-order valence-electron chi connectivity index (χ4n) is 3.40. The molecule has 0 aliphatic carbocycles. The van der Waals surface area contributed by atoms with Crippen molar-refractivity contribution in [3.05, 3.63) is 71.1 Å². The summed E-state index contributed by atoms with van der Waals surface area (Å²) in [5.74, 6) is 1.99. The monoisotopic (exact) mass is 424 g/mol. The van der Waals surface area contributed by atoms with Crippen molar-refractivity contribution >= 4 is 17.7 Å². The molecule has 4 rings (SSSR count). The smallest absolute Gasteiger partial charge is 0.321 e. The lowest BCUT2D eigenvalue weighted by Crippen LogP contribution is -2.33. The molecule has 0 radical (unpaired) electrons. The number of nitrogens with one attached hydrogen (secondary N) is 1. The van der Waals surface area contributed by atoms with E-state index in [4.69, 9.17) is 14.3 Å². The van der Waals surface area contributed by atoms with Crippen LogP contribution in [0.3, 0.4) is 0 Å². The zero-order chi connectivity index (χ0) is 21.1. The van der Waals surface area contributed by atoms with Crippen LogP contribution in [0.5, 0.6) is 5.75 Å². The number of carboxylic acids is 1. The lowest BCUT2D eigenvalue weighted by molar-refractivity contribution is -0.138. The van der Waals surface area contributed by atoms with Crippen molar-refractivity contribution in [1.29, 1.82) is 0 Å². The molecule has 7 heteroatoms. The molecule has 2 N–H and O–H groups in total. The van der Waals surface area contributed by atoms with E-state index in [9.17, 15) is 4.79 Å². The number of nitrogens with zero attached hydrogens (tertiary/aromatic N) is 1. The van der Waals surface area contributed by atoms with Gasteiger partial charge < -0.3 is 14.3 Å². The summed E-state index contributed by atoms with van der Waals surface area (Å²) in [5.41, 5.74) is 4.08. The number of oxazole rings is 1. The Bertz CT molecular complexity index is 1030. The van der Waals surface area contributed by atoms with Gasteiger partial charge in [-0.15, -0.1) is 11.8 Å². The van der Waals surface area contributed by atoms with Gasteiger partial charge in [0.05, 0.1) is 17.7 Å². The Balaban J connectivity index is 1.33. The maximum absolute atomic E-state index is 11.1.